The molecule has 4 aromatic rings. The fraction of sp³-hybridized carbons (Fsp3) is 0.622. The molecule has 2 fully saturated rings. The second kappa shape index (κ2) is 70.1. The Hall–Kier alpha value is -13.9. The maximum atomic E-state index is 15.4. The summed E-state index contributed by atoms with van der Waals surface area (Å²) >= 11 is 0. The highest BCUT2D eigenvalue weighted by molar-refractivity contribution is 6.02. The van der Waals surface area contributed by atoms with Crippen LogP contribution in [0.4, 0.5) is 0 Å². The van der Waals surface area contributed by atoms with Crippen LogP contribution in [0, 0.1) is 5.41 Å². The number of H-pyrrole nitrogens is 2. The van der Waals surface area contributed by atoms with Crippen LogP contribution < -0.4 is 90.8 Å². The minimum absolute atomic E-state index is 0.0185. The maximum absolute atomic E-state index is 15.4. The highest BCUT2D eigenvalue weighted by Crippen LogP contribution is 2.24. The van der Waals surface area contributed by atoms with E-state index in [1.165, 1.54) is 44.6 Å². The molecule has 2 aromatic carbocycles. The van der Waals surface area contributed by atoms with E-state index in [9.17, 15) is 108 Å². The predicted octanol–water partition coefficient (Wildman–Crippen LogP) is -5.10. The molecule has 832 valence electrons. The van der Waals surface area contributed by atoms with E-state index in [2.05, 4.69) is 100 Å². The molecule has 0 saturated carbocycles. The van der Waals surface area contributed by atoms with Gasteiger partial charge in [-0.2, -0.15) is 0 Å². The van der Waals surface area contributed by atoms with Crippen molar-refractivity contribution in [2.24, 2.45) is 5.73 Å². The lowest BCUT2D eigenvalue weighted by Gasteiger charge is -2.31. The zero-order valence-corrected chi connectivity index (χ0v) is 84.7. The second-order valence-electron chi connectivity index (χ2n) is 36.8. The van der Waals surface area contributed by atoms with Crippen LogP contribution in [0.3, 0.4) is 0 Å². The van der Waals surface area contributed by atoms with Crippen LogP contribution in [0.2, 0.25) is 0 Å². The van der Waals surface area contributed by atoms with Crippen LogP contribution in [0.1, 0.15) is 197 Å². The number of unbranched alkanes of at least 4 members (excludes halogenated alkanes) is 14. The lowest BCUT2D eigenvalue weighted by Crippen LogP contribution is -2.62. The maximum Gasteiger partial charge on any atom is 0.317 e. The minimum Gasteiger partial charge on any atom is -0.481 e. The van der Waals surface area contributed by atoms with Gasteiger partial charge in [-0.3, -0.25) is 101 Å². The summed E-state index contributed by atoms with van der Waals surface area (Å²) in [7, 11) is 0. The number of nitrogens with two attached hydrogens (primary N) is 1. The van der Waals surface area contributed by atoms with Gasteiger partial charge in [0, 0.05) is 95.0 Å². The Bertz CT molecular complexity index is 4960. The van der Waals surface area contributed by atoms with Crippen LogP contribution in [-0.2, 0) is 120 Å². The molecule has 0 aliphatic carbocycles. The number of ether oxygens (including phenoxy) is 2. The van der Waals surface area contributed by atoms with Gasteiger partial charge in [0.1, 0.15) is 78.5 Å². The number of carboxylic acid groups (broad SMARTS) is 3. The molecular formula is C98H151N23O29. The Morgan fingerprint density at radius 2 is 0.987 bits per heavy atom. The first-order valence-corrected chi connectivity index (χ1v) is 51.0. The van der Waals surface area contributed by atoms with Crippen molar-refractivity contribution < 1.29 is 141 Å². The smallest absolute Gasteiger partial charge is 0.317 e. The highest BCUT2D eigenvalue weighted by atomic mass is 16.5. The summed E-state index contributed by atoms with van der Waals surface area (Å²) in [6.07, 6.45) is 17.6. The number of para-hydroxylation sites is 1. The number of aliphatic hydroxyl groups is 5. The Kier molecular flexibility index (Phi) is 58.3. The van der Waals surface area contributed by atoms with Gasteiger partial charge in [-0.15, -0.1) is 0 Å². The molecule has 2 aliphatic rings. The number of nitrogens with one attached hydrogen (secondary N) is 19. The predicted molar refractivity (Wildman–Crippen MR) is 539 cm³/mol. The number of aliphatic hydroxyl groups excluding tert-OH is 5. The number of imidazole rings is 1. The standard InChI is InChI=1S/C98H151N23O29/c1-61(127)108-67-31-21-23-37-102-81(129)50-73(114-90(141)71(48-63-51-106-66-30-20-19-29-65(63)66)112-87(138)69(33-25-38-105-98(99)100)109-89(140)70(47-62-27-15-14-16-28-62)111-91(142)72(113-86(67)137)49-64-52-101-60-107-64)97(148)121-42-26-34-79(121)96(147)119-78(59-126)95(146)118-77(58-125)94(145)117-75(56-123)92(143)110-68(32-22-24-41-120(53-83(132)133)54-84(134)135)88(139)116-76(57-124)93(144)115-74(55-122)85(136)104-40-44-150-46-45-149-43-39-103-80(128)35-17-12-10-8-6-4-2-3-5-7-9-11-13-18-36-82(130)131/h14-16,19-20,27-30,51-52,60,67-79,106,122-126H,2-13,17-18,21-26,31-50,53-59H2,1H3,(H,101,107)(H,102,129)(H,103,128)(H,104,136)(H,108,127)(H,109,140)(H,110,143)(H,111,142)(H,112,138)(H,113,137)(H,114,141)(H,115,144)(H,116,139)(H,117,145)(H,118,146)(H,119,147)(H,130,131)(H,132,133)(H,134,135)(H4,99,100,105)/t67-,68-,69-,70+,71-,72-,73-,74-,75-,76-,77-,78-,79-/m0/s1. The van der Waals surface area contributed by atoms with Gasteiger partial charge < -0.3 is 156 Å². The molecule has 4 heterocycles. The molecule has 6 rings (SSSR count). The zero-order valence-electron chi connectivity index (χ0n) is 84.7. The van der Waals surface area contributed by atoms with Crippen molar-refractivity contribution in [1.82, 2.24) is 110 Å². The second-order valence-corrected chi connectivity index (χ2v) is 36.8. The Morgan fingerprint density at radius 3 is 1.53 bits per heavy atom. The zero-order chi connectivity index (χ0) is 110. The van der Waals surface area contributed by atoms with Crippen molar-refractivity contribution in [3.63, 3.8) is 0 Å². The summed E-state index contributed by atoms with van der Waals surface area (Å²) in [5.41, 5.74) is 7.51. The first-order valence-electron chi connectivity index (χ1n) is 51.0. The number of hydrogen-bond acceptors (Lipinski definition) is 29. The fourth-order valence-corrected chi connectivity index (χ4v) is 16.8. The molecule has 52 nitrogen and oxygen atoms in total. The van der Waals surface area contributed by atoms with Crippen molar-refractivity contribution in [1.29, 1.82) is 5.41 Å². The van der Waals surface area contributed by atoms with Crippen LogP contribution >= 0.6 is 0 Å². The van der Waals surface area contributed by atoms with Gasteiger partial charge in [-0.1, -0.05) is 126 Å². The summed E-state index contributed by atoms with van der Waals surface area (Å²) in [6, 6.07) is -7.26. The quantitative estimate of drug-likeness (QED) is 0.0112. The van der Waals surface area contributed by atoms with Gasteiger partial charge in [0.05, 0.1) is 91.0 Å². The lowest BCUT2D eigenvalue weighted by atomic mass is 10.0. The largest absolute Gasteiger partial charge is 0.481 e. The summed E-state index contributed by atoms with van der Waals surface area (Å²) in [5.74, 6) is -20.0. The molecule has 150 heavy (non-hydrogen) atoms. The number of nitrogens with zero attached hydrogens (tertiary/aromatic N) is 3. The number of aromatic amines is 2. The average Bonchev–Trinajstić information content (AvgIpc) is 1.67. The van der Waals surface area contributed by atoms with Crippen molar-refractivity contribution in [3.05, 3.63) is 90.1 Å². The van der Waals surface area contributed by atoms with Crippen molar-refractivity contribution in [2.45, 2.75) is 278 Å². The molecule has 52 heteroatoms. The van der Waals surface area contributed by atoms with Gasteiger partial charge in [-0.25, -0.2) is 4.98 Å². The number of rotatable bonds is 65. The third kappa shape index (κ3) is 47.7. The van der Waals surface area contributed by atoms with Crippen molar-refractivity contribution in [3.8, 4) is 0 Å². The topological polar surface area (TPSA) is 798 Å². The van der Waals surface area contributed by atoms with E-state index in [1.807, 2.05) is 0 Å². The number of fused-ring (bicyclic) bond motifs is 1. The molecular weight excluding hydrogens is 1960 g/mol. The highest BCUT2D eigenvalue weighted by Gasteiger charge is 2.43. The number of amides is 16. The number of carbonyl (C=O) groups is 19. The molecule has 0 radical (unpaired) electrons. The van der Waals surface area contributed by atoms with E-state index >= 15 is 19.2 Å². The molecule has 0 bridgehead atoms. The Balaban J connectivity index is 1.11. The number of likely N-dealkylation sites (tertiary alicyclic amines) is 1. The van der Waals surface area contributed by atoms with Gasteiger partial charge in [0.15, 0.2) is 5.96 Å². The summed E-state index contributed by atoms with van der Waals surface area (Å²) in [6.45, 7) is -6.39. The van der Waals surface area contributed by atoms with Crippen LogP contribution in [0.5, 0.6) is 0 Å². The lowest BCUT2D eigenvalue weighted by molar-refractivity contribution is -0.144. The number of benzene rings is 2. The Morgan fingerprint density at radius 1 is 0.493 bits per heavy atom. The molecule has 2 aromatic heterocycles. The first kappa shape index (κ1) is 125. The Labute approximate surface area is 867 Å². The number of hydrogen-bond donors (Lipinski definition) is 28. The minimum atomic E-state index is -2.10. The normalized spacial score (nSPS) is 18.3. The SMILES string of the molecule is CC(=O)N[C@H]1CCCCNC(=O)C[C@@H](C(=O)N2CCC[C@H]2C(=O)N[C@@H](CO)C(=O)N[C@@H](CO)C(=O)N[C@@H](CO)C(=O)N[C@@H](CCCCN(CC(=O)O)CC(=O)O)C(=O)N[C@@H](CO)C(=O)N[C@@H](CO)C(=O)NCCOCCOCCNC(=O)CCCCCCCCCCCCCCCCC(=O)O)NC(=O)[C@H](Cc2c[nH]c3ccccc23)NC(=O)[C@H](CCCNC(=N)N)NC(=O)[C@@H](Cc2ccccc2)NC(=O)[C@H](Cc2c[nH]cn2)NC1=O. The molecule has 0 spiro atoms. The van der Waals surface area contributed by atoms with Crippen molar-refractivity contribution >= 4 is 129 Å². The van der Waals surface area contributed by atoms with E-state index in [1.54, 1.807) is 60.8 Å². The van der Waals surface area contributed by atoms with E-state index < -0.39 is 250 Å². The van der Waals surface area contributed by atoms with Crippen LogP contribution in [0.15, 0.2) is 73.3 Å². The molecule has 2 aliphatic heterocycles. The number of carbonyl (C=O) groups excluding carboxylic acids is 16. The third-order valence-electron chi connectivity index (χ3n) is 24.8. The average molecular weight is 2120 g/mol. The van der Waals surface area contributed by atoms with Gasteiger partial charge in [-0.05, 0) is 101 Å². The first-order chi connectivity index (χ1) is 72.0. The molecule has 29 N–H and O–H groups in total. The van der Waals surface area contributed by atoms with Crippen LogP contribution in [-0.4, -0.2) is 374 Å². The fourth-order valence-electron chi connectivity index (χ4n) is 16.8. The van der Waals surface area contributed by atoms with E-state index in [-0.39, 0.29) is 155 Å². The number of carboxylic acids is 3. The summed E-state index contributed by atoms with van der Waals surface area (Å²) in [4.78, 5) is 274. The number of aromatic nitrogens is 3. The van der Waals surface area contributed by atoms with Crippen molar-refractivity contribution in [2.75, 3.05) is 112 Å². The summed E-state index contributed by atoms with van der Waals surface area (Å²) < 4.78 is 11.0. The monoisotopic (exact) mass is 2110 g/mol. The van der Waals surface area contributed by atoms with E-state index in [0.717, 1.165) is 74.5 Å². The third-order valence-corrected chi connectivity index (χ3v) is 24.8. The van der Waals surface area contributed by atoms with Gasteiger partial charge >= 0.3 is 17.9 Å². The van der Waals surface area contributed by atoms with Crippen LogP contribution in [0.25, 0.3) is 10.9 Å². The van der Waals surface area contributed by atoms with Gasteiger partial charge in [0.25, 0.3) is 0 Å². The number of aliphatic carboxylic acids is 3. The molecule has 0 unspecified atom stereocenters. The van der Waals surface area contributed by atoms with E-state index in [0.29, 0.717) is 34.1 Å². The molecule has 2 saturated heterocycles. The molecule has 16 amide bonds. The summed E-state index contributed by atoms with van der Waals surface area (Å²) in [5, 5.41) is 128. The van der Waals surface area contributed by atoms with E-state index in [4.69, 9.17) is 25.7 Å². The van der Waals surface area contributed by atoms with Gasteiger partial charge in [0.2, 0.25) is 94.5 Å². The number of guanidine groups is 1. The molecule has 13 atom stereocenters.